The Balaban J connectivity index is 1.25. The van der Waals surface area contributed by atoms with Gasteiger partial charge >= 0.3 is 6.85 Å². The van der Waals surface area contributed by atoms with Gasteiger partial charge in [-0.25, -0.2) is 0 Å². The maximum Gasteiger partial charge on any atom is 0.333 e. The third-order valence-corrected chi connectivity index (χ3v) is 16.2. The van der Waals surface area contributed by atoms with Crippen LogP contribution in [0.1, 0.15) is 76.3 Å². The largest absolute Gasteiger partial charge is 0.376 e. The molecule has 4 aliphatic rings. The predicted molar refractivity (Wildman–Crippen MR) is 267 cm³/mol. The van der Waals surface area contributed by atoms with Crippen LogP contribution in [0.15, 0.2) is 158 Å². The van der Waals surface area contributed by atoms with Gasteiger partial charge in [-0.1, -0.05) is 176 Å². The third kappa shape index (κ3) is 4.56. The summed E-state index contributed by atoms with van der Waals surface area (Å²) < 4.78 is 2.71. The summed E-state index contributed by atoms with van der Waals surface area (Å²) in [5.74, 6) is 0. The molecular formula is C58H47BN2S. The van der Waals surface area contributed by atoms with Gasteiger partial charge in [-0.3, -0.25) is 0 Å². The Morgan fingerprint density at radius 1 is 0.516 bits per heavy atom. The fraction of sp³-hybridized carbons (Fsp3) is 0.172. The van der Waals surface area contributed by atoms with Gasteiger partial charge in [0, 0.05) is 70.4 Å². The molecule has 0 fully saturated rings. The van der Waals surface area contributed by atoms with Crippen molar-refractivity contribution in [3.8, 4) is 33.4 Å². The van der Waals surface area contributed by atoms with Crippen LogP contribution in [0.5, 0.6) is 0 Å². The molecule has 0 saturated heterocycles. The molecule has 1 aliphatic carbocycles. The van der Waals surface area contributed by atoms with Crippen molar-refractivity contribution in [3.05, 3.63) is 186 Å². The van der Waals surface area contributed by atoms with Gasteiger partial charge in [0.25, 0.3) is 0 Å². The highest BCUT2D eigenvalue weighted by Crippen LogP contribution is 2.61. The lowest BCUT2D eigenvalue weighted by atomic mass is 9.42. The van der Waals surface area contributed by atoms with Gasteiger partial charge in [0.1, 0.15) is 0 Å². The minimum atomic E-state index is -0.257. The fourth-order valence-electron chi connectivity index (χ4n) is 12.0. The van der Waals surface area contributed by atoms with E-state index in [1.54, 1.807) is 0 Å². The van der Waals surface area contributed by atoms with E-state index in [-0.39, 0.29) is 23.1 Å². The van der Waals surface area contributed by atoms with Crippen molar-refractivity contribution >= 4 is 77.7 Å². The highest BCUT2D eigenvalue weighted by Gasteiger charge is 2.53. The molecule has 298 valence electrons. The lowest BCUT2D eigenvalue weighted by molar-refractivity contribution is 0.590. The number of fused-ring (bicyclic) bond motifs is 14. The van der Waals surface area contributed by atoms with E-state index in [9.17, 15) is 0 Å². The molecule has 0 amide bonds. The molecule has 1 aromatic heterocycles. The summed E-state index contributed by atoms with van der Waals surface area (Å²) in [6.07, 6.45) is 0. The van der Waals surface area contributed by atoms with Crippen LogP contribution in [-0.2, 0) is 16.2 Å². The molecule has 8 aromatic carbocycles. The smallest absolute Gasteiger partial charge is 0.333 e. The van der Waals surface area contributed by atoms with Gasteiger partial charge in [0.15, 0.2) is 0 Å². The van der Waals surface area contributed by atoms with Crippen molar-refractivity contribution in [1.29, 1.82) is 0 Å². The van der Waals surface area contributed by atoms with Gasteiger partial charge in [-0.2, -0.15) is 0 Å². The molecule has 13 rings (SSSR count). The first-order chi connectivity index (χ1) is 29.9. The van der Waals surface area contributed by atoms with Crippen molar-refractivity contribution in [2.75, 3.05) is 9.71 Å². The lowest BCUT2D eigenvalue weighted by Gasteiger charge is -2.52. The van der Waals surface area contributed by atoms with E-state index in [0.717, 1.165) is 0 Å². The molecule has 2 nitrogen and oxygen atoms in total. The number of benzene rings is 8. The summed E-state index contributed by atoms with van der Waals surface area (Å²) >= 11 is 1.96. The van der Waals surface area contributed by atoms with Gasteiger partial charge in [0.2, 0.25) is 0 Å². The van der Waals surface area contributed by atoms with E-state index in [1.165, 1.54) is 121 Å². The van der Waals surface area contributed by atoms with E-state index in [0.29, 0.717) is 0 Å². The topological polar surface area (TPSA) is 6.48 Å². The fourth-order valence-corrected chi connectivity index (χ4v) is 13.3. The molecule has 62 heavy (non-hydrogen) atoms. The molecule has 3 aliphatic heterocycles. The number of anilines is 5. The van der Waals surface area contributed by atoms with Crippen molar-refractivity contribution < 1.29 is 0 Å². The Kier molecular flexibility index (Phi) is 7.13. The van der Waals surface area contributed by atoms with Crippen LogP contribution in [0.3, 0.4) is 0 Å². The lowest BCUT2D eigenvalue weighted by Crippen LogP contribution is -2.63. The van der Waals surface area contributed by atoms with Crippen molar-refractivity contribution in [2.24, 2.45) is 0 Å². The minimum absolute atomic E-state index is 0.0254. The van der Waals surface area contributed by atoms with E-state index >= 15 is 0 Å². The molecule has 0 atom stereocenters. The van der Waals surface area contributed by atoms with Crippen LogP contribution in [0, 0.1) is 0 Å². The van der Waals surface area contributed by atoms with Crippen molar-refractivity contribution in [1.82, 2.24) is 0 Å². The molecule has 0 spiro atoms. The maximum absolute atomic E-state index is 2.76. The molecule has 0 bridgehead atoms. The van der Waals surface area contributed by atoms with Crippen LogP contribution in [0.25, 0.3) is 53.6 Å². The van der Waals surface area contributed by atoms with Crippen LogP contribution in [0.4, 0.5) is 28.4 Å². The summed E-state index contributed by atoms with van der Waals surface area (Å²) in [5.41, 5.74) is 23.5. The zero-order chi connectivity index (χ0) is 42.0. The van der Waals surface area contributed by atoms with Gasteiger partial charge in [-0.05, 0) is 91.2 Å². The molecular weight excluding hydrogens is 768 g/mol. The van der Waals surface area contributed by atoms with Gasteiger partial charge in [0.05, 0.1) is 5.69 Å². The Morgan fingerprint density at radius 3 is 2.05 bits per heavy atom. The summed E-state index contributed by atoms with van der Waals surface area (Å²) in [6, 6.07) is 60.6. The second-order valence-corrected chi connectivity index (χ2v) is 21.1. The standard InChI is InChI=1S/C58H47BN2S/c1-56(2,3)35-28-31-46(40(32-35)34-18-9-8-10-19-34)60-48-33-41-37-21-12-16-27-49(37)62-55(41)50-39-22-17-25-44-53(39)61(47-26-15-14-24-43(47)57(44,4)5)59(52(48)50)45-30-29-38-36-20-11-13-23-42(36)58(6,7)51(38)54(45)60/h8-33H,1-7H3. The zero-order valence-corrected chi connectivity index (χ0v) is 37.2. The Hall–Kier alpha value is -6.36. The zero-order valence-electron chi connectivity index (χ0n) is 36.4. The van der Waals surface area contributed by atoms with Crippen LogP contribution in [0.2, 0.25) is 0 Å². The average molecular weight is 815 g/mol. The third-order valence-electron chi connectivity index (χ3n) is 14.9. The normalized spacial score (nSPS) is 15.8. The first-order valence-corrected chi connectivity index (χ1v) is 23.0. The molecule has 9 aromatic rings. The molecule has 4 heterocycles. The van der Waals surface area contributed by atoms with Gasteiger partial charge in [-0.15, -0.1) is 11.3 Å². The Morgan fingerprint density at radius 2 is 1.23 bits per heavy atom. The number of thiophene rings is 1. The molecule has 0 radical (unpaired) electrons. The minimum Gasteiger partial charge on any atom is -0.376 e. The number of hydrogen-bond acceptors (Lipinski definition) is 3. The highest BCUT2D eigenvalue weighted by atomic mass is 32.1. The first kappa shape index (κ1) is 36.3. The van der Waals surface area contributed by atoms with E-state index in [4.69, 9.17) is 0 Å². The number of rotatable bonds is 2. The van der Waals surface area contributed by atoms with E-state index < -0.39 is 0 Å². The Bertz CT molecular complexity index is 3420. The maximum atomic E-state index is 2.76. The monoisotopic (exact) mass is 814 g/mol. The van der Waals surface area contributed by atoms with Crippen LogP contribution < -0.4 is 20.6 Å². The number of para-hydroxylation sites is 2. The average Bonchev–Trinajstić information content (AvgIpc) is 3.77. The SMILES string of the molecule is CC(C)(C)c1ccc(N2c3cc4c(sc5ccccc54)c4c3B(c3ccc5c(c32)C(C)(C)c2ccccc2-5)N2c3ccccc3C(C)(C)c3cccc-4c32)c(-c2ccccc2)c1. The van der Waals surface area contributed by atoms with Crippen molar-refractivity contribution in [2.45, 2.75) is 64.7 Å². The molecule has 0 N–H and O–H groups in total. The number of hydrogen-bond donors (Lipinski definition) is 0. The summed E-state index contributed by atoms with van der Waals surface area (Å²) in [6.45, 7) is 16.7. The highest BCUT2D eigenvalue weighted by molar-refractivity contribution is 7.26. The summed E-state index contributed by atoms with van der Waals surface area (Å²) in [4.78, 5) is 5.49. The molecule has 0 saturated carbocycles. The summed E-state index contributed by atoms with van der Waals surface area (Å²) in [5, 5.41) is 2.65. The Labute approximate surface area is 369 Å². The quantitative estimate of drug-likeness (QED) is 0.160. The van der Waals surface area contributed by atoms with Crippen LogP contribution >= 0.6 is 11.3 Å². The molecule has 4 heteroatoms. The predicted octanol–water partition coefficient (Wildman–Crippen LogP) is 14.7. The van der Waals surface area contributed by atoms with Crippen LogP contribution in [-0.4, -0.2) is 6.85 Å². The second kappa shape index (κ2) is 12.2. The van der Waals surface area contributed by atoms with E-state index in [2.05, 4.69) is 216 Å². The summed E-state index contributed by atoms with van der Waals surface area (Å²) in [7, 11) is 0. The molecule has 0 unspecified atom stereocenters. The second-order valence-electron chi connectivity index (χ2n) is 20.1. The van der Waals surface area contributed by atoms with Crippen molar-refractivity contribution in [3.63, 3.8) is 0 Å². The number of nitrogens with zero attached hydrogens (tertiary/aromatic N) is 2. The van der Waals surface area contributed by atoms with Gasteiger partial charge < -0.3 is 9.71 Å². The van der Waals surface area contributed by atoms with E-state index in [1.807, 2.05) is 11.3 Å². The first-order valence-electron chi connectivity index (χ1n) is 22.2.